The van der Waals surface area contributed by atoms with Crippen LogP contribution in [0.2, 0.25) is 0 Å². The van der Waals surface area contributed by atoms with Gasteiger partial charge in [-0.2, -0.15) is 0 Å². The zero-order valence-corrected chi connectivity index (χ0v) is 18.1. The molecule has 2 aromatic carbocycles. The van der Waals surface area contributed by atoms with Crippen LogP contribution in [0.5, 0.6) is 23.0 Å². The van der Waals surface area contributed by atoms with Crippen LogP contribution in [0.3, 0.4) is 0 Å². The lowest BCUT2D eigenvalue weighted by atomic mass is 9.85. The molecule has 0 saturated heterocycles. The minimum absolute atomic E-state index is 0.215. The van der Waals surface area contributed by atoms with E-state index >= 15 is 0 Å². The zero-order chi connectivity index (χ0) is 21.9. The normalized spacial score (nSPS) is 20.4. The number of hydrogen-bond donors (Lipinski definition) is 0. The summed E-state index contributed by atoms with van der Waals surface area (Å²) in [5, 5.41) is 0. The van der Waals surface area contributed by atoms with Gasteiger partial charge in [0, 0.05) is 0 Å². The van der Waals surface area contributed by atoms with Crippen LogP contribution in [0.25, 0.3) is 5.57 Å². The Morgan fingerprint density at radius 1 is 1.03 bits per heavy atom. The molecule has 0 aromatic heterocycles. The lowest BCUT2D eigenvalue weighted by Gasteiger charge is -2.24. The van der Waals surface area contributed by atoms with E-state index in [4.69, 9.17) is 28.4 Å². The summed E-state index contributed by atoms with van der Waals surface area (Å²) in [6, 6.07) is 7.57. The average Bonchev–Trinajstić information content (AvgIpc) is 3.44. The summed E-state index contributed by atoms with van der Waals surface area (Å²) < 4.78 is 34.0. The van der Waals surface area contributed by atoms with Crippen molar-refractivity contribution in [3.8, 4) is 23.0 Å². The fraction of sp³-hybridized carbons (Fsp3) is 0.375. The predicted octanol–water partition coefficient (Wildman–Crippen LogP) is 4.60. The van der Waals surface area contributed by atoms with Crippen LogP contribution < -0.4 is 18.9 Å². The van der Waals surface area contributed by atoms with E-state index < -0.39 is 11.6 Å². The van der Waals surface area contributed by atoms with Crippen LogP contribution in [0.4, 0.5) is 0 Å². The maximum absolute atomic E-state index is 13.2. The molecule has 7 heteroatoms. The van der Waals surface area contributed by atoms with Crippen molar-refractivity contribution in [2.45, 2.75) is 38.6 Å². The molecule has 3 heterocycles. The molecule has 3 aliphatic rings. The van der Waals surface area contributed by atoms with Crippen molar-refractivity contribution in [1.82, 2.24) is 0 Å². The van der Waals surface area contributed by atoms with Gasteiger partial charge in [-0.1, -0.05) is 0 Å². The van der Waals surface area contributed by atoms with E-state index in [-0.39, 0.29) is 19.0 Å². The number of hydrogen-bond acceptors (Lipinski definition) is 7. The molecule has 162 valence electrons. The third-order valence-electron chi connectivity index (χ3n) is 5.52. The van der Waals surface area contributed by atoms with Gasteiger partial charge in [0.1, 0.15) is 23.4 Å². The molecule has 0 saturated carbocycles. The summed E-state index contributed by atoms with van der Waals surface area (Å²) in [6.45, 7) is 5.70. The maximum Gasteiger partial charge on any atom is 0.343 e. The van der Waals surface area contributed by atoms with Crippen molar-refractivity contribution in [3.05, 3.63) is 52.6 Å². The number of methoxy groups -OCH3 is 2. The first-order valence-electron chi connectivity index (χ1n) is 10.1. The fourth-order valence-corrected chi connectivity index (χ4v) is 4.29. The quantitative estimate of drug-likeness (QED) is 0.665. The highest BCUT2D eigenvalue weighted by atomic mass is 16.7. The lowest BCUT2D eigenvalue weighted by molar-refractivity contribution is 0.00654. The van der Waals surface area contributed by atoms with Gasteiger partial charge in [-0.15, -0.1) is 0 Å². The second-order valence-electron chi connectivity index (χ2n) is 8.62. The molecule has 0 N–H and O–H groups in total. The number of ether oxygens (including phenoxy) is 6. The monoisotopic (exact) mass is 424 g/mol. The highest BCUT2D eigenvalue weighted by Crippen LogP contribution is 2.57. The van der Waals surface area contributed by atoms with Gasteiger partial charge in [-0.05, 0) is 73.4 Å². The Morgan fingerprint density at radius 3 is 2.39 bits per heavy atom. The Bertz CT molecular complexity index is 1110. The van der Waals surface area contributed by atoms with Gasteiger partial charge < -0.3 is 28.4 Å². The van der Waals surface area contributed by atoms with E-state index in [9.17, 15) is 4.79 Å². The highest BCUT2D eigenvalue weighted by Gasteiger charge is 2.43. The summed E-state index contributed by atoms with van der Waals surface area (Å²) in [7, 11) is 3.05. The van der Waals surface area contributed by atoms with Gasteiger partial charge in [0.05, 0.1) is 14.2 Å². The predicted molar refractivity (Wildman–Crippen MR) is 112 cm³/mol. The summed E-state index contributed by atoms with van der Waals surface area (Å²) in [6.07, 6.45) is 1.49. The van der Waals surface area contributed by atoms with Crippen LogP contribution in [-0.2, 0) is 9.47 Å². The zero-order valence-electron chi connectivity index (χ0n) is 18.1. The van der Waals surface area contributed by atoms with Crippen LogP contribution in [0.15, 0.2) is 30.3 Å². The molecule has 0 spiro atoms. The van der Waals surface area contributed by atoms with Crippen molar-refractivity contribution in [2.24, 2.45) is 0 Å². The van der Waals surface area contributed by atoms with Crippen LogP contribution in [-0.4, -0.2) is 32.6 Å². The first kappa shape index (κ1) is 19.8. The summed E-state index contributed by atoms with van der Waals surface area (Å²) in [4.78, 5) is 13.2. The van der Waals surface area contributed by atoms with Gasteiger partial charge in [-0.25, -0.2) is 4.79 Å². The van der Waals surface area contributed by atoms with Crippen molar-refractivity contribution in [2.75, 3.05) is 21.0 Å². The molecule has 5 rings (SSSR count). The molecular weight excluding hydrogens is 400 g/mol. The first-order chi connectivity index (χ1) is 14.8. The molecule has 2 bridgehead atoms. The second-order valence-corrected chi connectivity index (χ2v) is 8.62. The summed E-state index contributed by atoms with van der Waals surface area (Å²) in [5.41, 5.74) is 3.31. The van der Waals surface area contributed by atoms with Gasteiger partial charge in [-0.3, -0.25) is 0 Å². The van der Waals surface area contributed by atoms with Crippen molar-refractivity contribution >= 4 is 11.5 Å². The first-order valence-corrected chi connectivity index (χ1v) is 10.1. The van der Waals surface area contributed by atoms with E-state index in [1.165, 1.54) is 14.2 Å². The number of rotatable bonds is 4. The highest BCUT2D eigenvalue weighted by molar-refractivity contribution is 6.00. The Hall–Kier alpha value is -3.19. The SMILES string of the molecule is COc1ccc(C2=C[C@H]3O[C@@H]2c2cc4c(cc23)OCO4)c(C(=O)OC(C)(C)C)c1OC. The molecule has 3 aliphatic heterocycles. The van der Waals surface area contributed by atoms with Gasteiger partial charge in [0.15, 0.2) is 23.0 Å². The third-order valence-corrected chi connectivity index (χ3v) is 5.52. The van der Waals surface area contributed by atoms with E-state index in [0.29, 0.717) is 28.4 Å². The Balaban J connectivity index is 1.62. The third kappa shape index (κ3) is 3.11. The molecule has 0 radical (unpaired) electrons. The van der Waals surface area contributed by atoms with E-state index in [1.807, 2.05) is 45.0 Å². The van der Waals surface area contributed by atoms with Crippen molar-refractivity contribution in [1.29, 1.82) is 0 Å². The summed E-state index contributed by atoms with van der Waals surface area (Å²) in [5.74, 6) is 1.75. The molecule has 0 amide bonds. The molecule has 2 aromatic rings. The van der Waals surface area contributed by atoms with Crippen LogP contribution >= 0.6 is 0 Å². The van der Waals surface area contributed by atoms with E-state index in [2.05, 4.69) is 0 Å². The van der Waals surface area contributed by atoms with Gasteiger partial charge >= 0.3 is 5.97 Å². The molecule has 7 nitrogen and oxygen atoms in total. The lowest BCUT2D eigenvalue weighted by Crippen LogP contribution is -2.25. The minimum Gasteiger partial charge on any atom is -0.493 e. The second kappa shape index (κ2) is 6.92. The van der Waals surface area contributed by atoms with Crippen molar-refractivity contribution in [3.63, 3.8) is 0 Å². The van der Waals surface area contributed by atoms with E-state index in [1.54, 1.807) is 6.07 Å². The fourth-order valence-electron chi connectivity index (χ4n) is 4.29. The van der Waals surface area contributed by atoms with Gasteiger partial charge in [0.2, 0.25) is 6.79 Å². The molecule has 31 heavy (non-hydrogen) atoms. The Morgan fingerprint density at radius 2 is 1.74 bits per heavy atom. The number of benzene rings is 2. The molecule has 0 aliphatic carbocycles. The van der Waals surface area contributed by atoms with Crippen LogP contribution in [0, 0.1) is 0 Å². The molecule has 0 unspecified atom stereocenters. The average molecular weight is 424 g/mol. The smallest absolute Gasteiger partial charge is 0.343 e. The Kier molecular flexibility index (Phi) is 4.41. The number of carbonyl (C=O) groups is 1. The summed E-state index contributed by atoms with van der Waals surface area (Å²) >= 11 is 0. The number of esters is 1. The number of carbonyl (C=O) groups excluding carboxylic acids is 1. The molecule has 0 fully saturated rings. The Labute approximate surface area is 180 Å². The van der Waals surface area contributed by atoms with E-state index in [0.717, 1.165) is 22.4 Å². The van der Waals surface area contributed by atoms with Crippen LogP contribution in [0.1, 0.15) is 60.0 Å². The van der Waals surface area contributed by atoms with Crippen molar-refractivity contribution < 1.29 is 33.2 Å². The number of fused-ring (bicyclic) bond motifs is 6. The topological polar surface area (TPSA) is 72.5 Å². The standard InChI is InChI=1S/C24H24O7/c1-24(2,3)31-23(25)20-12(6-7-16(26-4)22(20)27-5)14-9-17-13-8-18-19(29-11-28-18)10-15(13)21(14)30-17/h6-10,17,21H,11H2,1-5H3/t17-,21+/m1/s1. The largest absolute Gasteiger partial charge is 0.493 e. The minimum atomic E-state index is -0.660. The maximum atomic E-state index is 13.2. The molecule has 2 atom stereocenters. The van der Waals surface area contributed by atoms with Gasteiger partial charge in [0.25, 0.3) is 0 Å². The molecular formula is C24H24O7.